The first-order valence-corrected chi connectivity index (χ1v) is 8.64. The average molecular weight is 332 g/mol. The molecule has 2 aromatic rings. The summed E-state index contributed by atoms with van der Waals surface area (Å²) in [6.45, 7) is 1.56. The fraction of sp³-hybridized carbons (Fsp3) is 0.238. The van der Waals surface area contributed by atoms with Gasteiger partial charge in [0.05, 0.1) is 17.4 Å². The molecule has 0 bridgehead atoms. The van der Waals surface area contributed by atoms with Crippen molar-refractivity contribution in [3.63, 3.8) is 0 Å². The maximum absolute atomic E-state index is 12.8. The number of nitrogens with one attached hydrogen (secondary N) is 1. The molecule has 126 valence electrons. The zero-order chi connectivity index (χ0) is 17.4. The molecule has 2 aromatic carbocycles. The highest BCUT2D eigenvalue weighted by Gasteiger charge is 2.38. The van der Waals surface area contributed by atoms with E-state index in [1.807, 2.05) is 54.6 Å². The fourth-order valence-electron chi connectivity index (χ4n) is 3.83. The molecule has 1 N–H and O–H groups in total. The minimum absolute atomic E-state index is 0.0739. The topological polar surface area (TPSA) is 49.4 Å². The minimum Gasteiger partial charge on any atom is -0.357 e. The van der Waals surface area contributed by atoms with Gasteiger partial charge in [-0.15, -0.1) is 0 Å². The maximum Gasteiger partial charge on any atom is 0.224 e. The summed E-state index contributed by atoms with van der Waals surface area (Å²) in [6.07, 6.45) is 2.20. The molecule has 0 spiro atoms. The summed E-state index contributed by atoms with van der Waals surface area (Å²) in [7, 11) is 0. The van der Waals surface area contributed by atoms with Crippen LogP contribution in [0.4, 0.5) is 11.4 Å². The third kappa shape index (κ3) is 2.64. The number of carbonyl (C=O) groups is 2. The number of carbonyl (C=O) groups excluding carboxylic acids is 2. The largest absolute Gasteiger partial charge is 0.357 e. The molecule has 25 heavy (non-hydrogen) atoms. The van der Waals surface area contributed by atoms with Crippen molar-refractivity contribution in [2.24, 2.45) is 0 Å². The lowest BCUT2D eigenvalue weighted by Gasteiger charge is -2.33. The quantitative estimate of drug-likeness (QED) is 0.851. The van der Waals surface area contributed by atoms with Crippen LogP contribution < -0.4 is 10.2 Å². The molecule has 1 aliphatic carbocycles. The van der Waals surface area contributed by atoms with E-state index < -0.39 is 6.04 Å². The van der Waals surface area contributed by atoms with E-state index in [0.29, 0.717) is 6.42 Å². The number of benzene rings is 2. The molecule has 0 aromatic heterocycles. The molecule has 1 aliphatic heterocycles. The van der Waals surface area contributed by atoms with E-state index in [9.17, 15) is 9.59 Å². The van der Waals surface area contributed by atoms with Gasteiger partial charge in [-0.1, -0.05) is 42.5 Å². The van der Waals surface area contributed by atoms with E-state index >= 15 is 0 Å². The highest BCUT2D eigenvalue weighted by atomic mass is 16.2. The van der Waals surface area contributed by atoms with E-state index in [1.54, 1.807) is 11.8 Å². The summed E-state index contributed by atoms with van der Waals surface area (Å²) in [6, 6.07) is 17.2. The maximum atomic E-state index is 12.8. The monoisotopic (exact) mass is 332 g/mol. The average Bonchev–Trinajstić information content (AvgIpc) is 2.77. The number of allylic oxidation sites excluding steroid dienone is 1. The van der Waals surface area contributed by atoms with Gasteiger partial charge in [0.25, 0.3) is 0 Å². The van der Waals surface area contributed by atoms with Crippen molar-refractivity contribution in [2.45, 2.75) is 32.2 Å². The predicted molar refractivity (Wildman–Crippen MR) is 98.3 cm³/mol. The van der Waals surface area contributed by atoms with Gasteiger partial charge in [-0.25, -0.2) is 0 Å². The van der Waals surface area contributed by atoms with Crippen LogP contribution in [0.2, 0.25) is 0 Å². The highest BCUT2D eigenvalue weighted by Crippen LogP contribution is 2.44. The van der Waals surface area contributed by atoms with Gasteiger partial charge < -0.3 is 5.32 Å². The fourth-order valence-corrected chi connectivity index (χ4v) is 3.83. The Morgan fingerprint density at radius 2 is 1.76 bits per heavy atom. The third-order valence-corrected chi connectivity index (χ3v) is 4.89. The summed E-state index contributed by atoms with van der Waals surface area (Å²) < 4.78 is 0. The molecule has 4 nitrogen and oxygen atoms in total. The van der Waals surface area contributed by atoms with Crippen LogP contribution in [0.15, 0.2) is 65.9 Å². The Labute approximate surface area is 147 Å². The molecular formula is C21H20N2O2. The Morgan fingerprint density at radius 3 is 2.52 bits per heavy atom. The van der Waals surface area contributed by atoms with E-state index in [4.69, 9.17) is 0 Å². The second-order valence-corrected chi connectivity index (χ2v) is 6.51. The number of amides is 1. The lowest BCUT2D eigenvalue weighted by molar-refractivity contribution is -0.117. The molecule has 0 unspecified atom stereocenters. The Bertz CT molecular complexity index is 870. The van der Waals surface area contributed by atoms with Gasteiger partial charge in [0.1, 0.15) is 0 Å². The molecular weight excluding hydrogens is 312 g/mol. The Hall–Kier alpha value is -2.88. The molecule has 1 atom stereocenters. The van der Waals surface area contributed by atoms with Crippen LogP contribution in [0.25, 0.3) is 0 Å². The minimum atomic E-state index is -0.391. The lowest BCUT2D eigenvalue weighted by Crippen LogP contribution is -2.36. The summed E-state index contributed by atoms with van der Waals surface area (Å²) in [5.41, 5.74) is 4.31. The SMILES string of the molecule is CC(=O)N1c2ccccc2NC2=C(C(=O)CCC2)[C@@H]1c1ccccc1. The number of Topliss-reactive ketones (excluding diaryl/α,β-unsaturated/α-hetero) is 1. The normalized spacial score (nSPS) is 19.6. The van der Waals surface area contributed by atoms with Crippen molar-refractivity contribution >= 4 is 23.1 Å². The second-order valence-electron chi connectivity index (χ2n) is 6.51. The standard InChI is InChI=1S/C21H20N2O2/c1-14(24)23-18-12-6-5-10-16(18)22-17-11-7-13-19(25)20(17)21(23)15-8-3-2-4-9-15/h2-6,8-10,12,21-22H,7,11,13H2,1H3/t21-/m0/s1. The van der Waals surface area contributed by atoms with Gasteiger partial charge >= 0.3 is 0 Å². The number of hydrogen-bond donors (Lipinski definition) is 1. The molecule has 1 heterocycles. The molecule has 4 rings (SSSR count). The van der Waals surface area contributed by atoms with Crippen molar-refractivity contribution in [3.05, 3.63) is 71.4 Å². The third-order valence-electron chi connectivity index (χ3n) is 4.89. The van der Waals surface area contributed by atoms with E-state index in [2.05, 4.69) is 5.32 Å². The highest BCUT2D eigenvalue weighted by molar-refractivity contribution is 6.05. The van der Waals surface area contributed by atoms with Crippen LogP contribution in [-0.4, -0.2) is 11.7 Å². The Kier molecular flexibility index (Phi) is 3.88. The van der Waals surface area contributed by atoms with Gasteiger partial charge in [-0.2, -0.15) is 0 Å². The first kappa shape index (κ1) is 15.6. The molecule has 0 radical (unpaired) electrons. The first-order valence-electron chi connectivity index (χ1n) is 8.64. The van der Waals surface area contributed by atoms with Gasteiger partial charge in [0, 0.05) is 24.6 Å². The summed E-state index contributed by atoms with van der Waals surface area (Å²) in [5, 5.41) is 3.44. The van der Waals surface area contributed by atoms with Crippen LogP contribution in [0.5, 0.6) is 0 Å². The number of para-hydroxylation sites is 2. The van der Waals surface area contributed by atoms with Crippen molar-refractivity contribution in [3.8, 4) is 0 Å². The predicted octanol–water partition coefficient (Wildman–Crippen LogP) is 4.21. The van der Waals surface area contributed by atoms with Crippen LogP contribution in [-0.2, 0) is 9.59 Å². The second kappa shape index (κ2) is 6.20. The Morgan fingerprint density at radius 1 is 1.04 bits per heavy atom. The zero-order valence-corrected chi connectivity index (χ0v) is 14.2. The molecule has 0 saturated heterocycles. The number of fused-ring (bicyclic) bond motifs is 1. The lowest BCUT2D eigenvalue weighted by atomic mass is 9.86. The van der Waals surface area contributed by atoms with Crippen molar-refractivity contribution in [1.29, 1.82) is 0 Å². The van der Waals surface area contributed by atoms with Crippen LogP contribution in [0.1, 0.15) is 37.8 Å². The van der Waals surface area contributed by atoms with Crippen molar-refractivity contribution in [1.82, 2.24) is 0 Å². The number of ketones is 1. The first-order chi connectivity index (χ1) is 12.2. The summed E-state index contributed by atoms with van der Waals surface area (Å²) >= 11 is 0. The number of hydrogen-bond acceptors (Lipinski definition) is 3. The smallest absolute Gasteiger partial charge is 0.224 e. The van der Waals surface area contributed by atoms with Crippen LogP contribution in [0.3, 0.4) is 0 Å². The van der Waals surface area contributed by atoms with Gasteiger partial charge in [-0.05, 0) is 30.5 Å². The van der Waals surface area contributed by atoms with E-state index in [-0.39, 0.29) is 11.7 Å². The molecule has 4 heteroatoms. The molecule has 0 fully saturated rings. The van der Waals surface area contributed by atoms with E-state index in [1.165, 1.54) is 0 Å². The van der Waals surface area contributed by atoms with Gasteiger partial charge in [0.15, 0.2) is 5.78 Å². The van der Waals surface area contributed by atoms with Gasteiger partial charge in [-0.3, -0.25) is 14.5 Å². The number of rotatable bonds is 1. The number of nitrogens with zero attached hydrogens (tertiary/aromatic N) is 1. The summed E-state index contributed by atoms with van der Waals surface area (Å²) in [5.74, 6) is 0.0527. The van der Waals surface area contributed by atoms with E-state index in [0.717, 1.165) is 41.1 Å². The molecule has 0 saturated carbocycles. The van der Waals surface area contributed by atoms with Gasteiger partial charge in [0.2, 0.25) is 5.91 Å². The molecule has 2 aliphatic rings. The van der Waals surface area contributed by atoms with Crippen LogP contribution >= 0.6 is 0 Å². The number of anilines is 2. The zero-order valence-electron chi connectivity index (χ0n) is 14.2. The summed E-state index contributed by atoms with van der Waals surface area (Å²) in [4.78, 5) is 27.2. The molecule has 1 amide bonds. The van der Waals surface area contributed by atoms with Crippen molar-refractivity contribution < 1.29 is 9.59 Å². The Balaban J connectivity index is 2.00. The van der Waals surface area contributed by atoms with Crippen LogP contribution in [0, 0.1) is 0 Å². The van der Waals surface area contributed by atoms with Crippen molar-refractivity contribution in [2.75, 3.05) is 10.2 Å².